The van der Waals surface area contributed by atoms with Gasteiger partial charge in [-0.25, -0.2) is 8.78 Å². The first-order valence-electron chi connectivity index (χ1n) is 10.6. The number of ether oxygens (including phenoxy) is 2. The van der Waals surface area contributed by atoms with E-state index in [0.717, 1.165) is 11.4 Å². The Balaban J connectivity index is 2.13. The molecule has 2 aromatic rings. The average Bonchev–Trinajstić information content (AvgIpc) is 2.68. The molecule has 174 valence electrons. The summed E-state index contributed by atoms with van der Waals surface area (Å²) < 4.78 is 39.4. The molecule has 5 nitrogen and oxygen atoms in total. The van der Waals surface area contributed by atoms with E-state index in [4.69, 9.17) is 9.47 Å². The molecule has 0 spiro atoms. The fraction of sp³-hybridized carbons (Fsp3) is 0.400. The van der Waals surface area contributed by atoms with Crippen LogP contribution in [-0.4, -0.2) is 38.2 Å². The first kappa shape index (κ1) is 25.3. The van der Waals surface area contributed by atoms with Gasteiger partial charge in [0.15, 0.2) is 0 Å². The van der Waals surface area contributed by atoms with E-state index in [1.165, 1.54) is 6.07 Å². The number of rotatable bonds is 12. The number of nitrogens with zero attached hydrogens (tertiary/aromatic N) is 1. The summed E-state index contributed by atoms with van der Waals surface area (Å²) in [5.74, 6) is -0.117. The summed E-state index contributed by atoms with van der Waals surface area (Å²) >= 11 is 0. The lowest BCUT2D eigenvalue weighted by Gasteiger charge is -2.18. The highest BCUT2D eigenvalue weighted by Crippen LogP contribution is 2.34. The Hall–Kier alpha value is -2.93. The molecule has 0 heterocycles. The van der Waals surface area contributed by atoms with Crippen LogP contribution < -0.4 is 15.4 Å². The third-order valence-electron chi connectivity index (χ3n) is 4.58. The Morgan fingerprint density at radius 3 is 2.47 bits per heavy atom. The second-order valence-corrected chi connectivity index (χ2v) is 8.15. The van der Waals surface area contributed by atoms with Crippen molar-refractivity contribution in [2.75, 3.05) is 30.9 Å². The maximum atomic E-state index is 15.0. The van der Waals surface area contributed by atoms with Crippen LogP contribution in [0.4, 0.5) is 25.8 Å². The van der Waals surface area contributed by atoms with E-state index in [9.17, 15) is 8.78 Å². The molecular weight excluding hydrogens is 412 g/mol. The number of hydrogen-bond donors (Lipinski definition) is 2. The van der Waals surface area contributed by atoms with Gasteiger partial charge in [-0.05, 0) is 58.4 Å². The molecular formula is C25H33F2N3O2. The van der Waals surface area contributed by atoms with Crippen molar-refractivity contribution in [3.8, 4) is 5.75 Å². The molecule has 0 fully saturated rings. The zero-order valence-corrected chi connectivity index (χ0v) is 19.5. The van der Waals surface area contributed by atoms with Crippen LogP contribution in [0.2, 0.25) is 0 Å². The van der Waals surface area contributed by atoms with E-state index < -0.39 is 11.5 Å². The van der Waals surface area contributed by atoms with Gasteiger partial charge in [-0.15, -0.1) is 0 Å². The largest absolute Gasteiger partial charge is 0.488 e. The highest BCUT2D eigenvalue weighted by atomic mass is 19.1. The molecule has 0 saturated heterocycles. The normalized spacial score (nSPS) is 12.6. The molecule has 2 rings (SSSR count). The zero-order valence-electron chi connectivity index (χ0n) is 19.5. The Labute approximate surface area is 189 Å². The van der Waals surface area contributed by atoms with E-state index in [2.05, 4.69) is 22.2 Å². The van der Waals surface area contributed by atoms with E-state index in [-0.39, 0.29) is 11.7 Å². The second-order valence-electron chi connectivity index (χ2n) is 8.15. The van der Waals surface area contributed by atoms with E-state index in [1.54, 1.807) is 40.2 Å². The van der Waals surface area contributed by atoms with Crippen molar-refractivity contribution in [2.45, 2.75) is 45.9 Å². The summed E-state index contributed by atoms with van der Waals surface area (Å²) in [6.07, 6.45) is 1.77. The number of aliphatic imine (C=N–C) groups is 1. The lowest BCUT2D eigenvalue weighted by molar-refractivity contribution is 0.0919. The standard InChI is InChI=1S/C25H33F2N3O2/c1-7-28-23-15-21(32-17(2)16-31-6)14-22(26)24(23)18(3)30-20-10-8-19(9-11-20)29-13-12-25(4,5)27/h7-11,14-15,17,29-30H,3,12-13,16H2,1-2,4-6H3. The maximum absolute atomic E-state index is 15.0. The smallest absolute Gasteiger partial charge is 0.138 e. The molecule has 0 bridgehead atoms. The number of methoxy groups -OCH3 is 1. The Bertz CT molecular complexity index is 922. The van der Waals surface area contributed by atoms with Crippen LogP contribution in [0.15, 0.2) is 48.0 Å². The number of benzene rings is 2. The summed E-state index contributed by atoms with van der Waals surface area (Å²) in [6, 6.07) is 10.4. The molecule has 0 saturated carbocycles. The quantitative estimate of drug-likeness (QED) is 0.362. The van der Waals surface area contributed by atoms with Crippen LogP contribution >= 0.6 is 0 Å². The minimum Gasteiger partial charge on any atom is -0.488 e. The summed E-state index contributed by atoms with van der Waals surface area (Å²) in [5.41, 5.74) is 1.46. The number of hydrogen-bond acceptors (Lipinski definition) is 5. The molecule has 0 aliphatic carbocycles. The highest BCUT2D eigenvalue weighted by Gasteiger charge is 2.17. The number of anilines is 2. The maximum Gasteiger partial charge on any atom is 0.138 e. The highest BCUT2D eigenvalue weighted by molar-refractivity contribution is 5.83. The number of nitrogens with one attached hydrogen (secondary N) is 2. The van der Waals surface area contributed by atoms with Crippen molar-refractivity contribution in [1.29, 1.82) is 0 Å². The predicted octanol–water partition coefficient (Wildman–Crippen LogP) is 6.59. The lowest BCUT2D eigenvalue weighted by atomic mass is 10.1. The lowest BCUT2D eigenvalue weighted by Crippen LogP contribution is -2.18. The van der Waals surface area contributed by atoms with Crippen LogP contribution in [0.1, 0.15) is 39.7 Å². The van der Waals surface area contributed by atoms with Gasteiger partial charge < -0.3 is 20.1 Å². The Morgan fingerprint density at radius 1 is 1.22 bits per heavy atom. The molecule has 0 amide bonds. The molecule has 0 radical (unpaired) electrons. The van der Waals surface area contributed by atoms with Crippen LogP contribution in [-0.2, 0) is 4.74 Å². The molecule has 0 aromatic heterocycles. The summed E-state index contributed by atoms with van der Waals surface area (Å²) in [4.78, 5) is 4.29. The molecule has 1 atom stereocenters. The van der Waals surface area contributed by atoms with Crippen LogP contribution in [0, 0.1) is 5.82 Å². The van der Waals surface area contributed by atoms with Crippen molar-refractivity contribution in [2.24, 2.45) is 4.99 Å². The molecule has 0 aliphatic rings. The molecule has 7 heteroatoms. The van der Waals surface area contributed by atoms with Gasteiger partial charge in [-0.1, -0.05) is 6.58 Å². The van der Waals surface area contributed by atoms with Gasteiger partial charge in [0, 0.05) is 49.1 Å². The van der Waals surface area contributed by atoms with Crippen LogP contribution in [0.5, 0.6) is 5.75 Å². The van der Waals surface area contributed by atoms with E-state index in [1.807, 2.05) is 31.2 Å². The van der Waals surface area contributed by atoms with Crippen LogP contribution in [0.3, 0.4) is 0 Å². The van der Waals surface area contributed by atoms with Crippen molar-refractivity contribution in [3.05, 3.63) is 54.4 Å². The topological polar surface area (TPSA) is 54.9 Å². The molecule has 0 aliphatic heterocycles. The minimum atomic E-state index is -1.21. The average molecular weight is 446 g/mol. The predicted molar refractivity (Wildman–Crippen MR) is 130 cm³/mol. The van der Waals surface area contributed by atoms with E-state index >= 15 is 0 Å². The van der Waals surface area contributed by atoms with Gasteiger partial charge in [-0.3, -0.25) is 4.99 Å². The van der Waals surface area contributed by atoms with Gasteiger partial charge in [0.25, 0.3) is 0 Å². The first-order valence-corrected chi connectivity index (χ1v) is 10.6. The third-order valence-corrected chi connectivity index (χ3v) is 4.58. The first-order chi connectivity index (χ1) is 15.1. The van der Waals surface area contributed by atoms with Gasteiger partial charge in [-0.2, -0.15) is 0 Å². The van der Waals surface area contributed by atoms with Crippen LogP contribution in [0.25, 0.3) is 5.70 Å². The van der Waals surface area contributed by atoms with Gasteiger partial charge in [0.2, 0.25) is 0 Å². The summed E-state index contributed by atoms with van der Waals surface area (Å²) in [6.45, 7) is 11.6. The number of halogens is 2. The van der Waals surface area contributed by atoms with Crippen molar-refractivity contribution >= 4 is 29.0 Å². The van der Waals surface area contributed by atoms with Crippen molar-refractivity contribution < 1.29 is 18.3 Å². The molecule has 2 N–H and O–H groups in total. The Kier molecular flexibility index (Phi) is 9.20. The van der Waals surface area contributed by atoms with E-state index in [0.29, 0.717) is 36.7 Å². The summed E-state index contributed by atoms with van der Waals surface area (Å²) in [7, 11) is 1.58. The minimum absolute atomic E-state index is 0.229. The van der Waals surface area contributed by atoms with Crippen molar-refractivity contribution in [1.82, 2.24) is 0 Å². The fourth-order valence-electron chi connectivity index (χ4n) is 3.09. The van der Waals surface area contributed by atoms with Gasteiger partial charge in [0.1, 0.15) is 23.3 Å². The summed E-state index contributed by atoms with van der Waals surface area (Å²) in [5, 5.41) is 6.32. The fourth-order valence-corrected chi connectivity index (χ4v) is 3.09. The molecule has 1 unspecified atom stereocenters. The number of alkyl halides is 1. The molecule has 2 aromatic carbocycles. The molecule has 32 heavy (non-hydrogen) atoms. The second kappa shape index (κ2) is 11.6. The SMILES string of the molecule is C=C(Nc1ccc(NCCC(C)(C)F)cc1)c1c(F)cc(OC(C)COC)cc1N=CC. The third kappa shape index (κ3) is 7.96. The zero-order chi connectivity index (χ0) is 23.7. The Morgan fingerprint density at radius 2 is 1.88 bits per heavy atom. The van der Waals surface area contributed by atoms with Crippen molar-refractivity contribution in [3.63, 3.8) is 0 Å². The van der Waals surface area contributed by atoms with Gasteiger partial charge in [0.05, 0.1) is 17.9 Å². The van der Waals surface area contributed by atoms with Gasteiger partial charge >= 0.3 is 0 Å². The monoisotopic (exact) mass is 445 g/mol.